The van der Waals surface area contributed by atoms with Crippen LogP contribution in [-0.2, 0) is 4.79 Å². The van der Waals surface area contributed by atoms with E-state index in [1.54, 1.807) is 12.1 Å². The summed E-state index contributed by atoms with van der Waals surface area (Å²) in [6, 6.07) is 16.8. The van der Waals surface area contributed by atoms with E-state index in [0.717, 1.165) is 38.4 Å². The van der Waals surface area contributed by atoms with Gasteiger partial charge in [-0.25, -0.2) is 4.98 Å². The molecule has 1 saturated heterocycles. The first-order chi connectivity index (χ1) is 17.0. The normalized spacial score (nSPS) is 13.7. The standard InChI is InChI=1S/C26H27N7O2/c1-3-32-11-13-33(14-12-32)20-9-10-23(22(15-20)18(2)24(28)34)30-26-29-17-19(16-27)25(31-26)35-21-7-5-4-6-8-21/h4-10,15,17H,2-3,11-14H2,1H3,(H2,28,34)(H,29,30,31). The minimum Gasteiger partial charge on any atom is -0.438 e. The molecule has 35 heavy (non-hydrogen) atoms. The summed E-state index contributed by atoms with van der Waals surface area (Å²) < 4.78 is 5.80. The van der Waals surface area contributed by atoms with E-state index in [2.05, 4.69) is 38.6 Å². The lowest BCUT2D eigenvalue weighted by Crippen LogP contribution is -2.46. The van der Waals surface area contributed by atoms with Crippen LogP contribution in [0.25, 0.3) is 5.57 Å². The quantitative estimate of drug-likeness (QED) is 0.481. The van der Waals surface area contributed by atoms with E-state index in [1.807, 2.05) is 42.5 Å². The van der Waals surface area contributed by atoms with Crippen LogP contribution in [0.1, 0.15) is 18.1 Å². The Balaban J connectivity index is 1.63. The fourth-order valence-electron chi connectivity index (χ4n) is 3.84. The van der Waals surface area contributed by atoms with Gasteiger partial charge in [0.05, 0.1) is 6.20 Å². The number of nitrogens with zero attached hydrogens (tertiary/aromatic N) is 5. The Hall–Kier alpha value is -4.42. The van der Waals surface area contributed by atoms with Gasteiger partial charge in [-0.2, -0.15) is 10.2 Å². The monoisotopic (exact) mass is 469 g/mol. The number of carbonyl (C=O) groups is 1. The Bertz CT molecular complexity index is 1260. The van der Waals surface area contributed by atoms with Gasteiger partial charge in [-0.3, -0.25) is 4.79 Å². The van der Waals surface area contributed by atoms with Crippen LogP contribution >= 0.6 is 0 Å². The second kappa shape index (κ2) is 10.7. The molecular formula is C26H27N7O2. The first-order valence-electron chi connectivity index (χ1n) is 11.4. The second-order valence-corrected chi connectivity index (χ2v) is 8.06. The highest BCUT2D eigenvalue weighted by Crippen LogP contribution is 2.31. The van der Waals surface area contributed by atoms with Crippen molar-refractivity contribution in [2.75, 3.05) is 42.9 Å². The van der Waals surface area contributed by atoms with Crippen LogP contribution in [-0.4, -0.2) is 53.5 Å². The number of primary amides is 1. The molecule has 1 aliphatic rings. The van der Waals surface area contributed by atoms with Crippen molar-refractivity contribution in [3.63, 3.8) is 0 Å². The van der Waals surface area contributed by atoms with Crippen molar-refractivity contribution >= 4 is 28.8 Å². The van der Waals surface area contributed by atoms with Gasteiger partial charge in [-0.05, 0) is 36.9 Å². The summed E-state index contributed by atoms with van der Waals surface area (Å²) in [6.45, 7) is 10.8. The van der Waals surface area contributed by atoms with Gasteiger partial charge >= 0.3 is 0 Å². The molecule has 1 fully saturated rings. The number of hydrogen-bond donors (Lipinski definition) is 2. The van der Waals surface area contributed by atoms with Crippen molar-refractivity contribution in [1.29, 1.82) is 5.26 Å². The van der Waals surface area contributed by atoms with Crippen LogP contribution in [0, 0.1) is 11.3 Å². The molecule has 0 bridgehead atoms. The molecule has 4 rings (SSSR count). The molecule has 9 nitrogen and oxygen atoms in total. The average molecular weight is 470 g/mol. The number of rotatable bonds is 8. The first kappa shape index (κ1) is 23.7. The Morgan fingerprint density at radius 2 is 1.94 bits per heavy atom. The molecule has 178 valence electrons. The first-order valence-corrected chi connectivity index (χ1v) is 11.4. The molecule has 3 N–H and O–H groups in total. The van der Waals surface area contributed by atoms with Crippen molar-refractivity contribution < 1.29 is 9.53 Å². The number of piperazine rings is 1. The molecule has 0 atom stereocenters. The molecule has 0 aliphatic carbocycles. The van der Waals surface area contributed by atoms with Gasteiger partial charge in [0.25, 0.3) is 0 Å². The van der Waals surface area contributed by atoms with Crippen LogP contribution < -0.4 is 20.7 Å². The number of hydrogen-bond acceptors (Lipinski definition) is 8. The number of carbonyl (C=O) groups excluding carboxylic acids is 1. The lowest BCUT2D eigenvalue weighted by atomic mass is 10.0. The smallest absolute Gasteiger partial charge is 0.248 e. The lowest BCUT2D eigenvalue weighted by molar-refractivity contribution is -0.112. The van der Waals surface area contributed by atoms with Gasteiger partial charge in [0, 0.05) is 48.7 Å². The van der Waals surface area contributed by atoms with E-state index in [9.17, 15) is 10.1 Å². The topological polar surface area (TPSA) is 120 Å². The number of aromatic nitrogens is 2. The van der Waals surface area contributed by atoms with Crippen molar-refractivity contribution in [3.05, 3.63) is 72.4 Å². The summed E-state index contributed by atoms with van der Waals surface area (Å²) in [4.78, 5) is 25.3. The molecule has 0 unspecified atom stereocenters. The molecule has 2 aromatic carbocycles. The van der Waals surface area contributed by atoms with E-state index in [-0.39, 0.29) is 23.0 Å². The minimum atomic E-state index is -0.616. The molecular weight excluding hydrogens is 442 g/mol. The number of para-hydroxylation sites is 1. The van der Waals surface area contributed by atoms with E-state index >= 15 is 0 Å². The number of likely N-dealkylation sites (N-methyl/N-ethyl adjacent to an activating group) is 1. The maximum absolute atomic E-state index is 12.0. The highest BCUT2D eigenvalue weighted by molar-refractivity contribution is 6.19. The third-order valence-electron chi connectivity index (χ3n) is 5.89. The third-order valence-corrected chi connectivity index (χ3v) is 5.89. The number of nitrogens with two attached hydrogens (primary N) is 1. The van der Waals surface area contributed by atoms with Gasteiger partial charge in [0.2, 0.25) is 17.7 Å². The van der Waals surface area contributed by atoms with Crippen LogP contribution in [0.5, 0.6) is 11.6 Å². The molecule has 9 heteroatoms. The highest BCUT2D eigenvalue weighted by Gasteiger charge is 2.19. The van der Waals surface area contributed by atoms with E-state index in [0.29, 0.717) is 17.0 Å². The summed E-state index contributed by atoms with van der Waals surface area (Å²) in [5.41, 5.74) is 8.06. The molecule has 2 heterocycles. The largest absolute Gasteiger partial charge is 0.438 e. The van der Waals surface area contributed by atoms with E-state index < -0.39 is 5.91 Å². The Kier molecular flexibility index (Phi) is 7.24. The maximum Gasteiger partial charge on any atom is 0.248 e. The van der Waals surface area contributed by atoms with E-state index in [4.69, 9.17) is 10.5 Å². The highest BCUT2D eigenvalue weighted by atomic mass is 16.5. The SMILES string of the molecule is C=C(C(N)=O)c1cc(N2CCN(CC)CC2)ccc1Nc1ncc(C#N)c(Oc2ccccc2)n1. The second-order valence-electron chi connectivity index (χ2n) is 8.06. The number of nitrogens with one attached hydrogen (secondary N) is 1. The van der Waals surface area contributed by atoms with Gasteiger partial charge in [-0.15, -0.1) is 0 Å². The Labute approximate surface area is 204 Å². The molecule has 1 aromatic heterocycles. The number of nitriles is 1. The summed E-state index contributed by atoms with van der Waals surface area (Å²) >= 11 is 0. The predicted octanol–water partition coefficient (Wildman–Crippen LogP) is 3.52. The zero-order chi connectivity index (χ0) is 24.8. The summed E-state index contributed by atoms with van der Waals surface area (Å²) in [5, 5.41) is 12.6. The third kappa shape index (κ3) is 5.57. The van der Waals surface area contributed by atoms with Crippen molar-refractivity contribution in [3.8, 4) is 17.7 Å². The molecule has 3 aromatic rings. The summed E-state index contributed by atoms with van der Waals surface area (Å²) in [6.07, 6.45) is 1.39. The Morgan fingerprint density at radius 1 is 1.20 bits per heavy atom. The van der Waals surface area contributed by atoms with Crippen LogP contribution in [0.2, 0.25) is 0 Å². The zero-order valence-corrected chi connectivity index (χ0v) is 19.6. The fourth-order valence-corrected chi connectivity index (χ4v) is 3.84. The predicted molar refractivity (Wildman–Crippen MR) is 136 cm³/mol. The van der Waals surface area contributed by atoms with Crippen LogP contribution in [0.4, 0.5) is 17.3 Å². The van der Waals surface area contributed by atoms with Crippen LogP contribution in [0.3, 0.4) is 0 Å². The molecule has 0 spiro atoms. The number of benzene rings is 2. The number of anilines is 3. The molecule has 0 saturated carbocycles. The number of ether oxygens (including phenoxy) is 1. The average Bonchev–Trinajstić information content (AvgIpc) is 2.89. The van der Waals surface area contributed by atoms with Crippen LogP contribution in [0.15, 0.2) is 61.3 Å². The van der Waals surface area contributed by atoms with E-state index in [1.165, 1.54) is 6.20 Å². The number of amides is 1. The van der Waals surface area contributed by atoms with Crippen molar-refractivity contribution in [1.82, 2.24) is 14.9 Å². The van der Waals surface area contributed by atoms with Gasteiger partial charge in [0.1, 0.15) is 17.4 Å². The Morgan fingerprint density at radius 3 is 2.60 bits per heavy atom. The molecule has 1 aliphatic heterocycles. The summed E-state index contributed by atoms with van der Waals surface area (Å²) in [5.74, 6) is 0.258. The van der Waals surface area contributed by atoms with Crippen molar-refractivity contribution in [2.45, 2.75) is 6.92 Å². The van der Waals surface area contributed by atoms with Crippen molar-refractivity contribution in [2.24, 2.45) is 5.73 Å². The van der Waals surface area contributed by atoms with Gasteiger partial charge in [-0.1, -0.05) is 31.7 Å². The maximum atomic E-state index is 12.0. The lowest BCUT2D eigenvalue weighted by Gasteiger charge is -2.35. The zero-order valence-electron chi connectivity index (χ0n) is 19.6. The summed E-state index contributed by atoms with van der Waals surface area (Å²) in [7, 11) is 0. The fraction of sp³-hybridized carbons (Fsp3) is 0.231. The molecule has 0 radical (unpaired) electrons. The van der Waals surface area contributed by atoms with Gasteiger partial charge in [0.15, 0.2) is 0 Å². The minimum absolute atomic E-state index is 0.122. The van der Waals surface area contributed by atoms with Gasteiger partial charge < -0.3 is 25.6 Å². The molecule has 1 amide bonds.